The van der Waals surface area contributed by atoms with Gasteiger partial charge in [-0.1, -0.05) is 30.3 Å². The molecule has 1 saturated heterocycles. The number of fused-ring (bicyclic) bond motifs is 3. The summed E-state index contributed by atoms with van der Waals surface area (Å²) in [4.78, 5) is 24.3. The van der Waals surface area contributed by atoms with Crippen molar-refractivity contribution in [2.24, 2.45) is 0 Å². The van der Waals surface area contributed by atoms with E-state index in [0.29, 0.717) is 51.4 Å². The summed E-state index contributed by atoms with van der Waals surface area (Å²) >= 11 is 0. The van der Waals surface area contributed by atoms with Crippen molar-refractivity contribution in [1.82, 2.24) is 19.7 Å². The fourth-order valence-corrected chi connectivity index (χ4v) is 5.25. The highest BCUT2D eigenvalue weighted by Gasteiger charge is 2.23. The molecule has 1 amide bonds. The van der Waals surface area contributed by atoms with Gasteiger partial charge in [-0.05, 0) is 47.0 Å². The van der Waals surface area contributed by atoms with Crippen LogP contribution in [0.3, 0.4) is 0 Å². The number of pyridine rings is 1. The fraction of sp³-hybridized carbons (Fsp3) is 0.419. The van der Waals surface area contributed by atoms with Gasteiger partial charge in [0, 0.05) is 70.5 Å². The van der Waals surface area contributed by atoms with E-state index in [0.717, 1.165) is 49.7 Å². The lowest BCUT2D eigenvalue weighted by atomic mass is 9.99. The van der Waals surface area contributed by atoms with Gasteiger partial charge < -0.3 is 19.5 Å². The molecule has 8 nitrogen and oxygen atoms in total. The molecule has 8 heteroatoms. The SMILES string of the molecule is O=C(c1ccc2c(c1)Cc1cccc(c1)CN(Cc1ccccn1)CCOCCO2)N1CCN(CCO)CC1. The van der Waals surface area contributed by atoms with Crippen LogP contribution in [0.5, 0.6) is 5.75 Å². The second kappa shape index (κ2) is 13.7. The van der Waals surface area contributed by atoms with Crippen LogP contribution in [0.1, 0.15) is 32.7 Å². The molecule has 1 N–H and O–H groups in total. The Morgan fingerprint density at radius 2 is 1.74 bits per heavy atom. The highest BCUT2D eigenvalue weighted by atomic mass is 16.5. The molecule has 0 radical (unpaired) electrons. The maximum atomic E-state index is 13.4. The number of hydrogen-bond acceptors (Lipinski definition) is 7. The first kappa shape index (κ1) is 27.3. The molecule has 0 spiro atoms. The molecule has 39 heavy (non-hydrogen) atoms. The van der Waals surface area contributed by atoms with E-state index in [4.69, 9.17) is 9.47 Å². The average molecular weight is 531 g/mol. The Bertz CT molecular complexity index is 1210. The summed E-state index contributed by atoms with van der Waals surface area (Å²) in [5.41, 5.74) is 5.14. The van der Waals surface area contributed by atoms with Gasteiger partial charge in [0.1, 0.15) is 12.4 Å². The summed E-state index contributed by atoms with van der Waals surface area (Å²) in [6, 6.07) is 20.5. The minimum absolute atomic E-state index is 0.0445. The normalized spacial score (nSPS) is 17.6. The number of carbonyl (C=O) groups is 1. The second-order valence-corrected chi connectivity index (χ2v) is 10.2. The topological polar surface area (TPSA) is 78.4 Å². The number of β-amino-alcohol motifs (C(OH)–C–C–N with tert-alkyl or cyclic N) is 1. The van der Waals surface area contributed by atoms with Crippen LogP contribution in [0, 0.1) is 0 Å². The molecule has 2 aliphatic heterocycles. The molecule has 0 atom stereocenters. The first-order chi connectivity index (χ1) is 19.2. The Balaban J connectivity index is 1.34. The molecule has 0 saturated carbocycles. The zero-order valence-electron chi connectivity index (χ0n) is 22.5. The lowest BCUT2D eigenvalue weighted by molar-refractivity contribution is 0.0614. The van der Waals surface area contributed by atoms with E-state index in [1.807, 2.05) is 41.4 Å². The lowest BCUT2D eigenvalue weighted by Crippen LogP contribution is -2.49. The molecule has 0 aliphatic carbocycles. The number of amides is 1. The maximum Gasteiger partial charge on any atom is 0.253 e. The van der Waals surface area contributed by atoms with Gasteiger partial charge in [-0.2, -0.15) is 0 Å². The molecule has 1 aromatic heterocycles. The number of benzene rings is 2. The van der Waals surface area contributed by atoms with Gasteiger partial charge in [0.2, 0.25) is 0 Å². The van der Waals surface area contributed by atoms with Crippen LogP contribution in [0.2, 0.25) is 0 Å². The largest absolute Gasteiger partial charge is 0.491 e. The molecule has 1 fully saturated rings. The summed E-state index contributed by atoms with van der Waals surface area (Å²) in [6.07, 6.45) is 2.51. The first-order valence-electron chi connectivity index (χ1n) is 13.8. The van der Waals surface area contributed by atoms with E-state index in [2.05, 4.69) is 45.1 Å². The van der Waals surface area contributed by atoms with Gasteiger partial charge in [-0.25, -0.2) is 0 Å². The van der Waals surface area contributed by atoms with Gasteiger partial charge in [0.25, 0.3) is 5.91 Å². The molecule has 2 aliphatic rings. The van der Waals surface area contributed by atoms with Gasteiger partial charge in [0.05, 0.1) is 25.5 Å². The number of nitrogens with zero attached hydrogens (tertiary/aromatic N) is 4. The standard InChI is InChI=1S/C31H38N4O4/c36-16-14-33-10-12-35(13-11-33)31(37)27-7-8-30-28(22-27)21-25-4-3-5-26(20-25)23-34(15-17-38-18-19-39-30)24-29-6-1-2-9-32-29/h1-9,20,22,36H,10-19,21,23-24H2. The maximum absolute atomic E-state index is 13.4. The minimum Gasteiger partial charge on any atom is -0.491 e. The molecule has 2 bridgehead atoms. The highest BCUT2D eigenvalue weighted by molar-refractivity contribution is 5.94. The van der Waals surface area contributed by atoms with Gasteiger partial charge in [-0.15, -0.1) is 0 Å². The van der Waals surface area contributed by atoms with E-state index in [9.17, 15) is 9.90 Å². The monoisotopic (exact) mass is 530 g/mol. The van der Waals surface area contributed by atoms with E-state index < -0.39 is 0 Å². The number of piperazine rings is 1. The van der Waals surface area contributed by atoms with Crippen molar-refractivity contribution >= 4 is 5.91 Å². The quantitative estimate of drug-likeness (QED) is 0.544. The predicted molar refractivity (Wildman–Crippen MR) is 150 cm³/mol. The van der Waals surface area contributed by atoms with Crippen LogP contribution in [0.4, 0.5) is 0 Å². The van der Waals surface area contributed by atoms with E-state index in [1.165, 1.54) is 11.1 Å². The Morgan fingerprint density at radius 3 is 2.56 bits per heavy atom. The van der Waals surface area contributed by atoms with E-state index >= 15 is 0 Å². The van der Waals surface area contributed by atoms with Crippen LogP contribution in [0.25, 0.3) is 0 Å². The Morgan fingerprint density at radius 1 is 0.872 bits per heavy atom. The van der Waals surface area contributed by atoms with Gasteiger partial charge in [-0.3, -0.25) is 19.6 Å². The average Bonchev–Trinajstić information content (AvgIpc) is 2.96. The number of aliphatic hydroxyl groups is 1. The fourth-order valence-electron chi connectivity index (χ4n) is 5.25. The first-order valence-corrected chi connectivity index (χ1v) is 13.8. The van der Waals surface area contributed by atoms with E-state index in [1.54, 1.807) is 0 Å². The number of carbonyl (C=O) groups excluding carboxylic acids is 1. The van der Waals surface area contributed by atoms with E-state index in [-0.39, 0.29) is 12.5 Å². The third-order valence-electron chi connectivity index (χ3n) is 7.32. The van der Waals surface area contributed by atoms with Crippen LogP contribution < -0.4 is 4.74 Å². The van der Waals surface area contributed by atoms with Crippen molar-refractivity contribution in [2.45, 2.75) is 19.5 Å². The molecular formula is C31H38N4O4. The summed E-state index contributed by atoms with van der Waals surface area (Å²) in [7, 11) is 0. The molecule has 3 aromatic rings. The third kappa shape index (κ3) is 7.64. The molecule has 0 unspecified atom stereocenters. The van der Waals surface area contributed by atoms with Gasteiger partial charge >= 0.3 is 0 Å². The molecule has 3 heterocycles. The van der Waals surface area contributed by atoms with Crippen LogP contribution >= 0.6 is 0 Å². The minimum atomic E-state index is 0.0445. The predicted octanol–water partition coefficient (Wildman–Crippen LogP) is 2.83. The molecule has 206 valence electrons. The summed E-state index contributed by atoms with van der Waals surface area (Å²) < 4.78 is 12.1. The van der Waals surface area contributed by atoms with Crippen molar-refractivity contribution in [2.75, 3.05) is 65.7 Å². The van der Waals surface area contributed by atoms with Crippen LogP contribution in [-0.4, -0.2) is 96.4 Å². The number of rotatable bonds is 5. The zero-order chi connectivity index (χ0) is 26.9. The van der Waals surface area contributed by atoms with Gasteiger partial charge in [0.15, 0.2) is 0 Å². The lowest BCUT2D eigenvalue weighted by Gasteiger charge is -2.34. The number of hydrogen-bond donors (Lipinski definition) is 1. The smallest absolute Gasteiger partial charge is 0.253 e. The molecule has 5 rings (SSSR count). The Labute approximate surface area is 230 Å². The summed E-state index contributed by atoms with van der Waals surface area (Å²) in [5, 5.41) is 9.20. The third-order valence-corrected chi connectivity index (χ3v) is 7.32. The van der Waals surface area contributed by atoms with Crippen molar-refractivity contribution in [3.63, 3.8) is 0 Å². The number of aromatic nitrogens is 1. The van der Waals surface area contributed by atoms with Crippen LogP contribution in [-0.2, 0) is 24.2 Å². The molecule has 2 aromatic carbocycles. The highest BCUT2D eigenvalue weighted by Crippen LogP contribution is 2.25. The number of aliphatic hydroxyl groups excluding tert-OH is 1. The Kier molecular flexibility index (Phi) is 9.56. The van der Waals surface area contributed by atoms with Crippen molar-refractivity contribution in [3.05, 3.63) is 94.8 Å². The number of ether oxygens (including phenoxy) is 2. The second-order valence-electron chi connectivity index (χ2n) is 10.2. The zero-order valence-corrected chi connectivity index (χ0v) is 22.5. The van der Waals surface area contributed by atoms with Crippen LogP contribution in [0.15, 0.2) is 66.9 Å². The Hall–Kier alpha value is -3.30. The van der Waals surface area contributed by atoms with Crippen molar-refractivity contribution in [3.8, 4) is 5.75 Å². The summed E-state index contributed by atoms with van der Waals surface area (Å²) in [5.74, 6) is 0.838. The summed E-state index contributed by atoms with van der Waals surface area (Å²) in [6.45, 7) is 7.63. The van der Waals surface area contributed by atoms with Crippen molar-refractivity contribution < 1.29 is 19.4 Å². The van der Waals surface area contributed by atoms with Crippen molar-refractivity contribution in [1.29, 1.82) is 0 Å². The molecular weight excluding hydrogens is 492 g/mol.